The fraction of sp³-hybridized carbons (Fsp3) is 0.0952. The fourth-order valence-electron chi connectivity index (χ4n) is 3.59. The molecule has 1 aliphatic heterocycles. The van der Waals surface area contributed by atoms with Gasteiger partial charge >= 0.3 is 0 Å². The monoisotopic (exact) mass is 494 g/mol. The van der Waals surface area contributed by atoms with Crippen molar-refractivity contribution in [3.8, 4) is 5.69 Å². The molecule has 0 spiro atoms. The van der Waals surface area contributed by atoms with Gasteiger partial charge in [0, 0.05) is 25.6 Å². The maximum absolute atomic E-state index is 6.13. The fourth-order valence-corrected chi connectivity index (χ4v) is 3.91. The number of aromatic nitrogens is 8. The largest absolute Gasteiger partial charge is 0.470 e. The van der Waals surface area contributed by atoms with Crippen LogP contribution in [0.5, 0.6) is 0 Å². The summed E-state index contributed by atoms with van der Waals surface area (Å²) in [6.45, 7) is 0.365. The van der Waals surface area contributed by atoms with Crippen molar-refractivity contribution in [2.24, 2.45) is 7.05 Å². The summed E-state index contributed by atoms with van der Waals surface area (Å²) < 4.78 is 8.71. The van der Waals surface area contributed by atoms with E-state index in [-0.39, 0.29) is 0 Å². The second kappa shape index (κ2) is 8.04. The van der Waals surface area contributed by atoms with E-state index in [0.29, 0.717) is 45.3 Å². The van der Waals surface area contributed by atoms with Crippen LogP contribution < -0.4 is 10.2 Å². The third kappa shape index (κ3) is 3.60. The van der Waals surface area contributed by atoms with E-state index in [4.69, 9.17) is 37.9 Å². The zero-order chi connectivity index (χ0) is 23.2. The SMILES string of the molecule is Cn1cc(-n2cnc3c(NCc4nc5cc(Cl)c(Cl)cc5[nH]4)nc(N4C=COC=C4)nc32)cn1. The average Bonchev–Trinajstić information content (AvgIpc) is 3.56. The highest BCUT2D eigenvalue weighted by Crippen LogP contribution is 2.28. The molecule has 13 heteroatoms. The first-order valence-corrected chi connectivity index (χ1v) is 10.9. The lowest BCUT2D eigenvalue weighted by atomic mass is 10.3. The van der Waals surface area contributed by atoms with Gasteiger partial charge in [-0.3, -0.25) is 14.1 Å². The number of hydrogen-bond donors (Lipinski definition) is 2. The zero-order valence-corrected chi connectivity index (χ0v) is 19.2. The number of anilines is 2. The van der Waals surface area contributed by atoms with Crippen molar-refractivity contribution < 1.29 is 4.74 Å². The Morgan fingerprint density at radius 3 is 2.71 bits per heavy atom. The smallest absolute Gasteiger partial charge is 0.237 e. The van der Waals surface area contributed by atoms with Crippen LogP contribution in [0.4, 0.5) is 11.8 Å². The summed E-state index contributed by atoms with van der Waals surface area (Å²) >= 11 is 12.2. The van der Waals surface area contributed by atoms with E-state index in [0.717, 1.165) is 16.7 Å². The molecule has 2 N–H and O–H groups in total. The molecule has 0 amide bonds. The van der Waals surface area contributed by atoms with Gasteiger partial charge in [-0.05, 0) is 12.1 Å². The molecule has 0 aliphatic carbocycles. The molecular weight excluding hydrogens is 479 g/mol. The Morgan fingerprint density at radius 1 is 1.09 bits per heavy atom. The Morgan fingerprint density at radius 2 is 1.91 bits per heavy atom. The first-order chi connectivity index (χ1) is 16.5. The second-order valence-electron chi connectivity index (χ2n) is 7.47. The molecule has 34 heavy (non-hydrogen) atoms. The number of nitrogens with one attached hydrogen (secondary N) is 2. The summed E-state index contributed by atoms with van der Waals surface area (Å²) in [7, 11) is 1.85. The standard InChI is InChI=1S/C21H16Cl2N10O/c1-31-10-12(8-26-31)33-11-25-18-19(29-21(30-20(18)33)32-2-4-34-5-3-32)24-9-17-27-15-6-13(22)14(23)7-16(15)28-17/h2-8,10-11H,9H2,1H3,(H,27,28)(H,24,29,30). The van der Waals surface area contributed by atoms with E-state index in [9.17, 15) is 0 Å². The Bertz CT molecular complexity index is 1550. The van der Waals surface area contributed by atoms with Crippen LogP contribution in [0.3, 0.4) is 0 Å². The molecule has 0 fully saturated rings. The number of aromatic amines is 1. The number of aryl methyl sites for hydroxylation is 1. The maximum Gasteiger partial charge on any atom is 0.237 e. The van der Waals surface area contributed by atoms with Crippen molar-refractivity contribution in [3.63, 3.8) is 0 Å². The number of halogens is 2. The van der Waals surface area contributed by atoms with Crippen molar-refractivity contribution in [2.45, 2.75) is 6.54 Å². The third-order valence-corrected chi connectivity index (χ3v) is 5.90. The van der Waals surface area contributed by atoms with Crippen molar-refractivity contribution in [2.75, 3.05) is 10.2 Å². The van der Waals surface area contributed by atoms with Gasteiger partial charge in [-0.1, -0.05) is 23.2 Å². The van der Waals surface area contributed by atoms with Gasteiger partial charge in [0.15, 0.2) is 17.0 Å². The molecule has 0 saturated carbocycles. The molecule has 1 aromatic carbocycles. The van der Waals surface area contributed by atoms with Crippen LogP contribution >= 0.6 is 23.2 Å². The van der Waals surface area contributed by atoms with Gasteiger partial charge < -0.3 is 15.0 Å². The van der Waals surface area contributed by atoms with Crippen molar-refractivity contribution >= 4 is 57.2 Å². The Labute approximate surface area is 202 Å². The van der Waals surface area contributed by atoms with Crippen LogP contribution in [0.1, 0.15) is 5.82 Å². The average molecular weight is 495 g/mol. The summed E-state index contributed by atoms with van der Waals surface area (Å²) in [4.78, 5) is 23.6. The maximum atomic E-state index is 6.13. The predicted molar refractivity (Wildman–Crippen MR) is 129 cm³/mol. The Kier molecular flexibility index (Phi) is 4.85. The van der Waals surface area contributed by atoms with Crippen molar-refractivity contribution in [1.29, 1.82) is 0 Å². The molecule has 0 atom stereocenters. The van der Waals surface area contributed by atoms with Gasteiger partial charge in [0.05, 0.1) is 39.5 Å². The van der Waals surface area contributed by atoms with E-state index >= 15 is 0 Å². The molecule has 6 rings (SSSR count). The molecule has 0 saturated heterocycles. The molecule has 0 unspecified atom stereocenters. The van der Waals surface area contributed by atoms with Crippen LogP contribution in [-0.2, 0) is 18.3 Å². The minimum absolute atomic E-state index is 0.365. The minimum Gasteiger partial charge on any atom is -0.470 e. The molecule has 0 radical (unpaired) electrons. The Balaban J connectivity index is 1.40. The van der Waals surface area contributed by atoms with Crippen LogP contribution in [0, 0.1) is 0 Å². The summed E-state index contributed by atoms with van der Waals surface area (Å²) in [5.74, 6) is 1.69. The first-order valence-electron chi connectivity index (χ1n) is 10.1. The molecule has 4 aromatic heterocycles. The summed E-state index contributed by atoms with van der Waals surface area (Å²) in [5.41, 5.74) is 3.58. The zero-order valence-electron chi connectivity index (χ0n) is 17.6. The van der Waals surface area contributed by atoms with Gasteiger partial charge in [0.2, 0.25) is 5.95 Å². The topological polar surface area (TPSA) is 115 Å². The lowest BCUT2D eigenvalue weighted by Crippen LogP contribution is -2.15. The highest BCUT2D eigenvalue weighted by molar-refractivity contribution is 6.42. The van der Waals surface area contributed by atoms with Gasteiger partial charge in [0.1, 0.15) is 24.7 Å². The second-order valence-corrected chi connectivity index (χ2v) is 8.28. The van der Waals surface area contributed by atoms with Crippen molar-refractivity contribution in [1.82, 2.24) is 39.3 Å². The molecular formula is C21H16Cl2N10O. The normalized spacial score (nSPS) is 13.2. The number of ether oxygens (including phenoxy) is 1. The van der Waals surface area contributed by atoms with Crippen molar-refractivity contribution in [3.05, 3.63) is 71.6 Å². The Hall–Kier alpha value is -4.09. The summed E-state index contributed by atoms with van der Waals surface area (Å²) in [6.07, 6.45) is 11.9. The molecule has 11 nitrogen and oxygen atoms in total. The predicted octanol–water partition coefficient (Wildman–Crippen LogP) is 4.12. The number of benzene rings is 1. The molecule has 1 aliphatic rings. The van der Waals surface area contributed by atoms with Gasteiger partial charge in [-0.2, -0.15) is 15.1 Å². The number of H-pyrrole nitrogens is 1. The third-order valence-electron chi connectivity index (χ3n) is 5.18. The number of hydrogen-bond acceptors (Lipinski definition) is 8. The highest BCUT2D eigenvalue weighted by Gasteiger charge is 2.18. The van der Waals surface area contributed by atoms with Gasteiger partial charge in [-0.15, -0.1) is 0 Å². The van der Waals surface area contributed by atoms with Crippen LogP contribution in [0.15, 0.2) is 55.8 Å². The van der Waals surface area contributed by atoms with Gasteiger partial charge in [-0.25, -0.2) is 9.97 Å². The van der Waals surface area contributed by atoms with E-state index in [1.54, 1.807) is 59.2 Å². The van der Waals surface area contributed by atoms with E-state index in [1.807, 2.05) is 17.8 Å². The van der Waals surface area contributed by atoms with Crippen LogP contribution in [0.2, 0.25) is 10.0 Å². The number of fused-ring (bicyclic) bond motifs is 2. The molecule has 5 aromatic rings. The van der Waals surface area contributed by atoms with Crippen LogP contribution in [0.25, 0.3) is 27.9 Å². The van der Waals surface area contributed by atoms with Gasteiger partial charge in [0.25, 0.3) is 0 Å². The quantitative estimate of drug-likeness (QED) is 0.374. The van der Waals surface area contributed by atoms with E-state index in [2.05, 4.69) is 25.4 Å². The lowest BCUT2D eigenvalue weighted by Gasteiger charge is -2.17. The lowest BCUT2D eigenvalue weighted by molar-refractivity contribution is 0.393. The number of rotatable bonds is 5. The molecule has 170 valence electrons. The van der Waals surface area contributed by atoms with E-state index < -0.39 is 0 Å². The molecule has 5 heterocycles. The molecule has 0 bridgehead atoms. The number of nitrogens with zero attached hydrogens (tertiary/aromatic N) is 8. The highest BCUT2D eigenvalue weighted by atomic mass is 35.5. The van der Waals surface area contributed by atoms with Crippen LogP contribution in [-0.4, -0.2) is 39.3 Å². The summed E-state index contributed by atoms with van der Waals surface area (Å²) in [6, 6.07) is 3.48. The first kappa shape index (κ1) is 20.5. The summed E-state index contributed by atoms with van der Waals surface area (Å²) in [5, 5.41) is 8.50. The van der Waals surface area contributed by atoms with E-state index in [1.165, 1.54) is 0 Å². The number of imidazole rings is 2. The minimum atomic E-state index is 0.365.